The Morgan fingerprint density at radius 1 is 1.27 bits per heavy atom. The zero-order chi connectivity index (χ0) is 16.1. The summed E-state index contributed by atoms with van der Waals surface area (Å²) in [5.74, 6) is -0.677. The summed E-state index contributed by atoms with van der Waals surface area (Å²) in [6.07, 6.45) is 0. The largest absolute Gasteiger partial charge is 0.334 e. The average Bonchev–Trinajstić information content (AvgIpc) is 2.53. The number of hydrogen-bond donors (Lipinski definition) is 0. The van der Waals surface area contributed by atoms with Gasteiger partial charge in [-0.3, -0.25) is 4.79 Å². The molecule has 0 bridgehead atoms. The summed E-state index contributed by atoms with van der Waals surface area (Å²) in [7, 11) is 0. The topological polar surface area (TPSA) is 44.1 Å². The molecular weight excluding hydrogens is 303 g/mol. The number of hydrogen-bond acceptors (Lipinski definition) is 2. The molecule has 0 fully saturated rings. The molecule has 0 atom stereocenters. The van der Waals surface area contributed by atoms with Gasteiger partial charge in [0.15, 0.2) is 0 Å². The third-order valence-corrected chi connectivity index (χ3v) is 3.56. The van der Waals surface area contributed by atoms with Gasteiger partial charge in [0.05, 0.1) is 11.6 Å². The van der Waals surface area contributed by atoms with E-state index >= 15 is 0 Å². The van der Waals surface area contributed by atoms with E-state index in [0.717, 1.165) is 0 Å². The van der Waals surface area contributed by atoms with Crippen LogP contribution in [0.1, 0.15) is 28.4 Å². The average molecular weight is 317 g/mol. The number of rotatable bonds is 4. The molecule has 0 aliphatic heterocycles. The van der Waals surface area contributed by atoms with Gasteiger partial charge in [0.25, 0.3) is 5.91 Å². The third-order valence-electron chi connectivity index (χ3n) is 3.30. The monoisotopic (exact) mass is 316 g/mol. The lowest BCUT2D eigenvalue weighted by Crippen LogP contribution is -2.30. The first-order valence-corrected chi connectivity index (χ1v) is 7.16. The second-order valence-corrected chi connectivity index (χ2v) is 5.18. The highest BCUT2D eigenvalue weighted by molar-refractivity contribution is 6.30. The molecule has 3 nitrogen and oxygen atoms in total. The van der Waals surface area contributed by atoms with E-state index < -0.39 is 5.82 Å². The van der Waals surface area contributed by atoms with Crippen molar-refractivity contribution in [2.75, 3.05) is 6.54 Å². The molecule has 0 saturated carbocycles. The minimum Gasteiger partial charge on any atom is -0.334 e. The van der Waals surface area contributed by atoms with Crippen molar-refractivity contribution in [2.24, 2.45) is 0 Å². The Morgan fingerprint density at radius 2 is 1.95 bits per heavy atom. The predicted molar refractivity (Wildman–Crippen MR) is 83.0 cm³/mol. The molecule has 2 rings (SSSR count). The highest BCUT2D eigenvalue weighted by Gasteiger charge is 2.16. The maximum absolute atomic E-state index is 13.9. The summed E-state index contributed by atoms with van der Waals surface area (Å²) in [6, 6.07) is 12.7. The summed E-state index contributed by atoms with van der Waals surface area (Å²) in [5, 5.41) is 9.30. The number of amides is 1. The summed E-state index contributed by atoms with van der Waals surface area (Å²) in [5.41, 5.74) is 1.14. The molecule has 0 heterocycles. The second-order valence-electron chi connectivity index (χ2n) is 4.74. The lowest BCUT2D eigenvalue weighted by molar-refractivity contribution is 0.0751. The molecule has 0 aliphatic rings. The van der Waals surface area contributed by atoms with Crippen LogP contribution in [-0.2, 0) is 6.54 Å². The Kier molecular flexibility index (Phi) is 5.13. The minimum atomic E-state index is -0.485. The van der Waals surface area contributed by atoms with Crippen molar-refractivity contribution in [3.63, 3.8) is 0 Å². The first-order chi connectivity index (χ1) is 10.5. The van der Waals surface area contributed by atoms with Gasteiger partial charge < -0.3 is 4.90 Å². The van der Waals surface area contributed by atoms with Crippen molar-refractivity contribution in [1.82, 2.24) is 4.90 Å². The number of benzene rings is 2. The number of halogens is 2. The van der Waals surface area contributed by atoms with Crippen molar-refractivity contribution in [1.29, 1.82) is 5.26 Å². The standard InChI is InChI=1S/C17H14ClFN2O/c1-2-21(17(22)13-5-7-15(18)8-6-13)11-14-4-3-12(10-20)9-16(14)19/h3-9H,2,11H2,1H3. The summed E-state index contributed by atoms with van der Waals surface area (Å²) in [4.78, 5) is 14.0. The smallest absolute Gasteiger partial charge is 0.254 e. The second kappa shape index (κ2) is 7.06. The number of carbonyl (C=O) groups excluding carboxylic acids is 1. The molecule has 0 N–H and O–H groups in total. The lowest BCUT2D eigenvalue weighted by Gasteiger charge is -2.21. The first kappa shape index (κ1) is 16.0. The van der Waals surface area contributed by atoms with Gasteiger partial charge >= 0.3 is 0 Å². The Balaban J connectivity index is 2.20. The quantitative estimate of drug-likeness (QED) is 0.855. The molecule has 0 spiro atoms. The van der Waals surface area contributed by atoms with E-state index in [1.807, 2.05) is 13.0 Å². The van der Waals surface area contributed by atoms with Crippen LogP contribution in [0.25, 0.3) is 0 Å². The third kappa shape index (κ3) is 3.63. The fourth-order valence-electron chi connectivity index (χ4n) is 2.05. The van der Waals surface area contributed by atoms with Crippen LogP contribution in [0.4, 0.5) is 4.39 Å². The molecule has 0 aliphatic carbocycles. The highest BCUT2D eigenvalue weighted by atomic mass is 35.5. The fourth-order valence-corrected chi connectivity index (χ4v) is 2.18. The van der Waals surface area contributed by atoms with Crippen LogP contribution in [0.3, 0.4) is 0 Å². The van der Waals surface area contributed by atoms with Crippen LogP contribution in [0.5, 0.6) is 0 Å². The summed E-state index contributed by atoms with van der Waals surface area (Å²) >= 11 is 5.81. The van der Waals surface area contributed by atoms with Gasteiger partial charge in [-0.1, -0.05) is 17.7 Å². The van der Waals surface area contributed by atoms with E-state index in [1.165, 1.54) is 17.0 Å². The summed E-state index contributed by atoms with van der Waals surface area (Å²) in [6.45, 7) is 2.42. The fraction of sp³-hybridized carbons (Fsp3) is 0.176. The van der Waals surface area contributed by atoms with E-state index in [2.05, 4.69) is 0 Å². The molecule has 0 radical (unpaired) electrons. The van der Waals surface area contributed by atoms with E-state index in [0.29, 0.717) is 22.7 Å². The zero-order valence-electron chi connectivity index (χ0n) is 12.0. The Bertz CT molecular complexity index is 722. The Hall–Kier alpha value is -2.38. The molecule has 0 saturated heterocycles. The van der Waals surface area contributed by atoms with Gasteiger partial charge in [0.2, 0.25) is 0 Å². The normalized spacial score (nSPS) is 10.1. The van der Waals surface area contributed by atoms with Crippen molar-refractivity contribution in [2.45, 2.75) is 13.5 Å². The number of nitriles is 1. The Morgan fingerprint density at radius 3 is 2.50 bits per heavy atom. The number of carbonyl (C=O) groups is 1. The maximum atomic E-state index is 13.9. The number of nitrogens with zero attached hydrogens (tertiary/aromatic N) is 2. The molecule has 5 heteroatoms. The Labute approximate surface area is 133 Å². The van der Waals surface area contributed by atoms with Gasteiger partial charge in [-0.25, -0.2) is 4.39 Å². The van der Waals surface area contributed by atoms with Gasteiger partial charge in [-0.15, -0.1) is 0 Å². The van der Waals surface area contributed by atoms with Gasteiger partial charge in [-0.2, -0.15) is 5.26 Å². The van der Waals surface area contributed by atoms with Crippen molar-refractivity contribution < 1.29 is 9.18 Å². The SMILES string of the molecule is CCN(Cc1ccc(C#N)cc1F)C(=O)c1ccc(Cl)cc1. The van der Waals surface area contributed by atoms with E-state index in [4.69, 9.17) is 16.9 Å². The molecular formula is C17H14ClFN2O. The predicted octanol–water partition coefficient (Wildman–Crippen LogP) is 4.01. The van der Waals surface area contributed by atoms with Gasteiger partial charge in [-0.05, 0) is 43.3 Å². The lowest BCUT2D eigenvalue weighted by atomic mass is 10.1. The van der Waals surface area contributed by atoms with E-state index in [9.17, 15) is 9.18 Å². The van der Waals surface area contributed by atoms with Gasteiger partial charge in [0, 0.05) is 29.2 Å². The van der Waals surface area contributed by atoms with E-state index in [1.54, 1.807) is 30.3 Å². The zero-order valence-corrected chi connectivity index (χ0v) is 12.8. The van der Waals surface area contributed by atoms with Gasteiger partial charge in [0.1, 0.15) is 5.82 Å². The van der Waals surface area contributed by atoms with Crippen molar-refractivity contribution in [3.05, 3.63) is 70.0 Å². The molecule has 2 aromatic rings. The summed E-state index contributed by atoms with van der Waals surface area (Å²) < 4.78 is 13.9. The molecule has 112 valence electrons. The van der Waals surface area contributed by atoms with Crippen molar-refractivity contribution in [3.8, 4) is 6.07 Å². The van der Waals surface area contributed by atoms with Crippen molar-refractivity contribution >= 4 is 17.5 Å². The molecule has 22 heavy (non-hydrogen) atoms. The van der Waals surface area contributed by atoms with Crippen LogP contribution in [0.15, 0.2) is 42.5 Å². The van der Waals surface area contributed by atoms with Crippen LogP contribution in [0.2, 0.25) is 5.02 Å². The minimum absolute atomic E-state index is 0.148. The first-order valence-electron chi connectivity index (χ1n) is 6.78. The molecule has 2 aromatic carbocycles. The molecule has 0 unspecified atom stereocenters. The maximum Gasteiger partial charge on any atom is 0.254 e. The van der Waals surface area contributed by atoms with Crippen LogP contribution < -0.4 is 0 Å². The van der Waals surface area contributed by atoms with Crippen LogP contribution in [0, 0.1) is 17.1 Å². The van der Waals surface area contributed by atoms with Crippen LogP contribution in [-0.4, -0.2) is 17.4 Å². The molecule has 1 amide bonds. The van der Waals surface area contributed by atoms with E-state index in [-0.39, 0.29) is 18.0 Å². The molecule has 0 aromatic heterocycles. The highest BCUT2D eigenvalue weighted by Crippen LogP contribution is 2.16. The van der Waals surface area contributed by atoms with Crippen LogP contribution >= 0.6 is 11.6 Å².